The minimum absolute atomic E-state index is 0.122. The number of hydrogen-bond donors (Lipinski definition) is 0. The van der Waals surface area contributed by atoms with Gasteiger partial charge in [-0.1, -0.05) is 48.5 Å². The monoisotopic (exact) mass is 451 g/mol. The van der Waals surface area contributed by atoms with Crippen LogP contribution in [0.4, 0.5) is 5.69 Å². The molecule has 0 saturated heterocycles. The Labute approximate surface area is 175 Å². The van der Waals surface area contributed by atoms with Gasteiger partial charge in [0.15, 0.2) is 5.65 Å². The van der Waals surface area contributed by atoms with Crippen molar-refractivity contribution in [3.05, 3.63) is 75.9 Å². The first kappa shape index (κ1) is 19.1. The van der Waals surface area contributed by atoms with Crippen molar-refractivity contribution in [2.45, 2.75) is 6.54 Å². The summed E-state index contributed by atoms with van der Waals surface area (Å²) in [6.07, 6.45) is 1.38. The van der Waals surface area contributed by atoms with Gasteiger partial charge in [-0.15, -0.1) is 0 Å². The maximum absolute atomic E-state index is 13.0. The van der Waals surface area contributed by atoms with Gasteiger partial charge in [-0.3, -0.25) is 14.2 Å². The van der Waals surface area contributed by atoms with E-state index in [0.717, 1.165) is 16.8 Å². The molecular formula is C21H18BrN5O2. The number of likely N-dealkylation sites (N-methyl/N-ethyl adjacent to an activating group) is 1. The zero-order valence-electron chi connectivity index (χ0n) is 15.9. The number of fused-ring (bicyclic) bond motifs is 1. The normalized spacial score (nSPS) is 11.0. The van der Waals surface area contributed by atoms with Crippen molar-refractivity contribution in [3.8, 4) is 11.1 Å². The van der Waals surface area contributed by atoms with Crippen LogP contribution in [-0.4, -0.2) is 32.3 Å². The van der Waals surface area contributed by atoms with Crippen LogP contribution in [0.5, 0.6) is 0 Å². The molecule has 0 atom stereocenters. The van der Waals surface area contributed by atoms with Gasteiger partial charge in [0.25, 0.3) is 5.56 Å². The third-order valence-corrected chi connectivity index (χ3v) is 5.35. The predicted octanol–water partition coefficient (Wildman–Crippen LogP) is 3.22. The van der Waals surface area contributed by atoms with E-state index in [1.165, 1.54) is 15.6 Å². The lowest BCUT2D eigenvalue weighted by molar-refractivity contribution is -0.118. The minimum Gasteiger partial charge on any atom is -0.313 e. The molecule has 0 spiro atoms. The number of aromatic nitrogens is 4. The molecule has 2 aromatic heterocycles. The van der Waals surface area contributed by atoms with Crippen LogP contribution in [0.25, 0.3) is 22.2 Å². The van der Waals surface area contributed by atoms with Gasteiger partial charge < -0.3 is 4.90 Å². The second kappa shape index (κ2) is 7.63. The molecule has 4 aromatic rings. The molecule has 7 nitrogen and oxygen atoms in total. The predicted molar refractivity (Wildman–Crippen MR) is 116 cm³/mol. The highest BCUT2D eigenvalue weighted by molar-refractivity contribution is 9.10. The lowest BCUT2D eigenvalue weighted by atomic mass is 10.0. The molecule has 0 saturated carbocycles. The molecule has 0 aliphatic heterocycles. The molecule has 0 fully saturated rings. The van der Waals surface area contributed by atoms with E-state index >= 15 is 0 Å². The SMILES string of the molecule is CN(C(=O)Cn1cnc2c(c(Br)nn2C)c1=O)c1ccccc1-c1ccccc1. The number of hydrogen-bond acceptors (Lipinski definition) is 4. The quantitative estimate of drug-likeness (QED) is 0.477. The van der Waals surface area contributed by atoms with E-state index in [2.05, 4.69) is 26.0 Å². The fraction of sp³-hybridized carbons (Fsp3) is 0.143. The Morgan fingerprint density at radius 2 is 1.79 bits per heavy atom. The summed E-state index contributed by atoms with van der Waals surface area (Å²) in [6, 6.07) is 17.6. The maximum atomic E-state index is 13.0. The Bertz CT molecular complexity index is 1260. The summed E-state index contributed by atoms with van der Waals surface area (Å²) in [7, 11) is 3.42. The van der Waals surface area contributed by atoms with Crippen LogP contribution in [0, 0.1) is 0 Å². The van der Waals surface area contributed by atoms with Crippen molar-refractivity contribution >= 4 is 38.6 Å². The molecule has 1 amide bonds. The van der Waals surface area contributed by atoms with Gasteiger partial charge in [0.05, 0.1) is 5.69 Å². The van der Waals surface area contributed by atoms with E-state index in [1.807, 2.05) is 54.6 Å². The molecule has 0 bridgehead atoms. The molecule has 0 unspecified atom stereocenters. The van der Waals surface area contributed by atoms with Gasteiger partial charge in [-0.05, 0) is 27.6 Å². The average molecular weight is 452 g/mol. The number of rotatable bonds is 4. The molecule has 29 heavy (non-hydrogen) atoms. The summed E-state index contributed by atoms with van der Waals surface area (Å²) in [4.78, 5) is 31.6. The van der Waals surface area contributed by atoms with Crippen molar-refractivity contribution in [1.29, 1.82) is 0 Å². The first-order valence-corrected chi connectivity index (χ1v) is 9.75. The van der Waals surface area contributed by atoms with Gasteiger partial charge in [0, 0.05) is 19.7 Å². The number of anilines is 1. The molecule has 2 aromatic carbocycles. The molecule has 0 N–H and O–H groups in total. The smallest absolute Gasteiger partial charge is 0.266 e. The summed E-state index contributed by atoms with van der Waals surface area (Å²) < 4.78 is 3.24. The van der Waals surface area contributed by atoms with Crippen LogP contribution >= 0.6 is 15.9 Å². The van der Waals surface area contributed by atoms with E-state index in [-0.39, 0.29) is 18.0 Å². The fourth-order valence-corrected chi connectivity index (χ4v) is 3.85. The fourth-order valence-electron chi connectivity index (χ4n) is 3.26. The Morgan fingerprint density at radius 3 is 2.55 bits per heavy atom. The Hall–Kier alpha value is -3.26. The molecular weight excluding hydrogens is 434 g/mol. The number of nitrogens with zero attached hydrogens (tertiary/aromatic N) is 5. The lowest BCUT2D eigenvalue weighted by Crippen LogP contribution is -2.34. The number of benzene rings is 2. The molecule has 4 rings (SSSR count). The van der Waals surface area contributed by atoms with E-state index in [4.69, 9.17) is 0 Å². The largest absolute Gasteiger partial charge is 0.313 e. The van der Waals surface area contributed by atoms with E-state index in [9.17, 15) is 9.59 Å². The number of carbonyl (C=O) groups excluding carboxylic acids is 1. The van der Waals surface area contributed by atoms with Crippen LogP contribution in [0.2, 0.25) is 0 Å². The van der Waals surface area contributed by atoms with Crippen LogP contribution in [0.1, 0.15) is 0 Å². The Morgan fingerprint density at radius 1 is 1.10 bits per heavy atom. The lowest BCUT2D eigenvalue weighted by Gasteiger charge is -2.21. The zero-order valence-corrected chi connectivity index (χ0v) is 17.5. The van der Waals surface area contributed by atoms with Gasteiger partial charge in [-0.2, -0.15) is 5.10 Å². The summed E-state index contributed by atoms with van der Waals surface area (Å²) in [5, 5.41) is 4.52. The van der Waals surface area contributed by atoms with Crippen molar-refractivity contribution in [1.82, 2.24) is 19.3 Å². The number of carbonyl (C=O) groups is 1. The highest BCUT2D eigenvalue weighted by atomic mass is 79.9. The van der Waals surface area contributed by atoms with Gasteiger partial charge >= 0.3 is 0 Å². The van der Waals surface area contributed by atoms with Crippen LogP contribution in [-0.2, 0) is 18.4 Å². The summed E-state index contributed by atoms with van der Waals surface area (Å²) in [5.74, 6) is -0.225. The summed E-state index contributed by atoms with van der Waals surface area (Å²) >= 11 is 3.29. The van der Waals surface area contributed by atoms with Crippen LogP contribution in [0.3, 0.4) is 0 Å². The number of amides is 1. The summed E-state index contributed by atoms with van der Waals surface area (Å²) in [5.41, 5.74) is 2.89. The average Bonchev–Trinajstić information content (AvgIpc) is 3.04. The maximum Gasteiger partial charge on any atom is 0.266 e. The van der Waals surface area contributed by atoms with Crippen molar-refractivity contribution in [2.24, 2.45) is 7.05 Å². The molecule has 0 aliphatic carbocycles. The van der Waals surface area contributed by atoms with Crippen molar-refractivity contribution in [3.63, 3.8) is 0 Å². The standard InChI is InChI=1S/C21H18BrN5O2/c1-25(16-11-7-6-10-15(16)14-8-4-3-5-9-14)17(28)12-27-13-23-20-18(21(27)29)19(22)24-26(20)2/h3-11,13H,12H2,1-2H3. The Kier molecular flexibility index (Phi) is 5.02. The highest BCUT2D eigenvalue weighted by Crippen LogP contribution is 2.30. The number of aryl methyl sites for hydroxylation is 1. The van der Waals surface area contributed by atoms with E-state index < -0.39 is 0 Å². The van der Waals surface area contributed by atoms with Gasteiger partial charge in [-0.25, -0.2) is 9.67 Å². The molecule has 8 heteroatoms. The third kappa shape index (κ3) is 3.47. The molecule has 2 heterocycles. The first-order valence-electron chi connectivity index (χ1n) is 8.96. The van der Waals surface area contributed by atoms with Gasteiger partial charge in [0.1, 0.15) is 22.9 Å². The molecule has 0 radical (unpaired) electrons. The topological polar surface area (TPSA) is 73.0 Å². The number of halogens is 1. The van der Waals surface area contributed by atoms with Gasteiger partial charge in [0.2, 0.25) is 5.91 Å². The summed E-state index contributed by atoms with van der Waals surface area (Å²) in [6.45, 7) is -0.122. The highest BCUT2D eigenvalue weighted by Gasteiger charge is 2.19. The zero-order chi connectivity index (χ0) is 20.5. The second-order valence-electron chi connectivity index (χ2n) is 6.63. The third-order valence-electron chi connectivity index (χ3n) is 4.80. The Balaban J connectivity index is 1.67. The van der Waals surface area contributed by atoms with Crippen LogP contribution in [0.15, 0.2) is 70.3 Å². The number of para-hydroxylation sites is 1. The minimum atomic E-state index is -0.312. The van der Waals surface area contributed by atoms with Crippen LogP contribution < -0.4 is 10.5 Å². The second-order valence-corrected chi connectivity index (χ2v) is 7.38. The van der Waals surface area contributed by atoms with E-state index in [1.54, 1.807) is 19.0 Å². The van der Waals surface area contributed by atoms with E-state index in [0.29, 0.717) is 15.6 Å². The molecule has 146 valence electrons. The first-order chi connectivity index (χ1) is 14.0. The molecule has 0 aliphatic rings. The van der Waals surface area contributed by atoms with Crippen molar-refractivity contribution in [2.75, 3.05) is 11.9 Å². The van der Waals surface area contributed by atoms with Crippen molar-refractivity contribution < 1.29 is 4.79 Å².